The van der Waals surface area contributed by atoms with Gasteiger partial charge in [0, 0.05) is 11.6 Å². The topological polar surface area (TPSA) is 67.2 Å². The predicted octanol–water partition coefficient (Wildman–Crippen LogP) is 2.39. The van der Waals surface area contributed by atoms with Gasteiger partial charge in [0.25, 0.3) is 5.91 Å². The van der Waals surface area contributed by atoms with Crippen LogP contribution in [0.3, 0.4) is 0 Å². The molecule has 21 heavy (non-hydrogen) atoms. The van der Waals surface area contributed by atoms with E-state index in [1.165, 1.54) is 6.21 Å². The lowest BCUT2D eigenvalue weighted by atomic mass is 10.2. The monoisotopic (exact) mass is 276 g/mol. The quantitative estimate of drug-likeness (QED) is 0.590. The molecule has 1 N–H and O–H groups in total. The Morgan fingerprint density at radius 1 is 1.05 bits per heavy atom. The van der Waals surface area contributed by atoms with Crippen LogP contribution in [-0.2, 0) is 0 Å². The molecule has 0 unspecified atom stereocenters. The highest BCUT2D eigenvalue weighted by Gasteiger charge is 2.03. The fourth-order valence-electron chi connectivity index (χ4n) is 1.87. The van der Waals surface area contributed by atoms with E-state index in [0.717, 1.165) is 10.9 Å². The summed E-state index contributed by atoms with van der Waals surface area (Å²) in [6.07, 6.45) is 3.07. The van der Waals surface area contributed by atoms with Gasteiger partial charge in [0.15, 0.2) is 0 Å². The number of hydrogen-bond donors (Lipinski definition) is 1. The second-order valence-corrected chi connectivity index (χ2v) is 4.34. The van der Waals surface area contributed by atoms with Crippen molar-refractivity contribution < 1.29 is 4.79 Å². The van der Waals surface area contributed by atoms with E-state index >= 15 is 0 Å². The minimum Gasteiger partial charge on any atom is -0.266 e. The Kier molecular flexibility index (Phi) is 3.64. The summed E-state index contributed by atoms with van der Waals surface area (Å²) in [6, 6.07) is 16.7. The van der Waals surface area contributed by atoms with Crippen LogP contribution in [0.15, 0.2) is 65.9 Å². The van der Waals surface area contributed by atoms with E-state index in [4.69, 9.17) is 0 Å². The molecule has 0 saturated heterocycles. The third-order valence-electron chi connectivity index (χ3n) is 2.88. The van der Waals surface area contributed by atoms with Crippen LogP contribution in [0.4, 0.5) is 0 Å². The van der Waals surface area contributed by atoms with Gasteiger partial charge in [-0.3, -0.25) is 9.78 Å². The number of nitrogens with zero attached hydrogens (tertiary/aromatic N) is 3. The van der Waals surface area contributed by atoms with Gasteiger partial charge in [0.05, 0.1) is 17.4 Å². The molecule has 3 rings (SSSR count). The molecule has 0 bridgehead atoms. The standard InChI is InChI=1S/C16H12N4O/c21-16(15-7-3-4-10-17-15)20-18-11-13-9-8-12-5-1-2-6-14(12)19-13/h1-11H,(H,20,21)/b18-11-. The number of fused-ring (bicyclic) bond motifs is 1. The average molecular weight is 276 g/mol. The molecule has 3 aromatic rings. The molecule has 1 aromatic carbocycles. The third-order valence-corrected chi connectivity index (χ3v) is 2.88. The van der Waals surface area contributed by atoms with Gasteiger partial charge in [-0.2, -0.15) is 5.10 Å². The lowest BCUT2D eigenvalue weighted by Gasteiger charge is -1.99. The maximum Gasteiger partial charge on any atom is 0.289 e. The Hall–Kier alpha value is -3.08. The summed E-state index contributed by atoms with van der Waals surface area (Å²) in [6.45, 7) is 0. The van der Waals surface area contributed by atoms with Crippen LogP contribution in [0.1, 0.15) is 16.2 Å². The smallest absolute Gasteiger partial charge is 0.266 e. The van der Waals surface area contributed by atoms with Gasteiger partial charge in [-0.15, -0.1) is 0 Å². The van der Waals surface area contributed by atoms with Gasteiger partial charge in [0.2, 0.25) is 0 Å². The van der Waals surface area contributed by atoms with Gasteiger partial charge in [-0.05, 0) is 24.3 Å². The number of para-hydroxylation sites is 1. The second-order valence-electron chi connectivity index (χ2n) is 4.34. The number of aromatic nitrogens is 2. The van der Waals surface area contributed by atoms with Crippen molar-refractivity contribution in [3.63, 3.8) is 0 Å². The largest absolute Gasteiger partial charge is 0.289 e. The molecule has 102 valence electrons. The molecule has 5 heteroatoms. The van der Waals surface area contributed by atoms with Crippen molar-refractivity contribution in [2.75, 3.05) is 0 Å². The summed E-state index contributed by atoms with van der Waals surface area (Å²) in [4.78, 5) is 20.1. The number of hydrazone groups is 1. The Morgan fingerprint density at radius 3 is 2.76 bits per heavy atom. The molecule has 0 aliphatic rings. The van der Waals surface area contributed by atoms with Gasteiger partial charge >= 0.3 is 0 Å². The number of carbonyl (C=O) groups is 1. The van der Waals surface area contributed by atoms with Crippen LogP contribution < -0.4 is 5.43 Å². The van der Waals surface area contributed by atoms with E-state index in [9.17, 15) is 4.79 Å². The number of nitrogens with one attached hydrogen (secondary N) is 1. The zero-order valence-electron chi connectivity index (χ0n) is 11.1. The van der Waals surface area contributed by atoms with E-state index in [0.29, 0.717) is 11.4 Å². The molecule has 0 spiro atoms. The fraction of sp³-hybridized carbons (Fsp3) is 0. The second kappa shape index (κ2) is 5.92. The zero-order chi connectivity index (χ0) is 14.5. The van der Waals surface area contributed by atoms with E-state index < -0.39 is 0 Å². The van der Waals surface area contributed by atoms with E-state index in [2.05, 4.69) is 20.5 Å². The molecular formula is C16H12N4O. The Labute approximate surface area is 121 Å². The highest BCUT2D eigenvalue weighted by atomic mass is 16.2. The highest BCUT2D eigenvalue weighted by molar-refractivity contribution is 5.93. The predicted molar refractivity (Wildman–Crippen MR) is 81.0 cm³/mol. The van der Waals surface area contributed by atoms with Crippen LogP contribution in [-0.4, -0.2) is 22.1 Å². The number of benzene rings is 1. The third kappa shape index (κ3) is 3.09. The summed E-state index contributed by atoms with van der Waals surface area (Å²) in [5.41, 5.74) is 4.31. The first-order valence-corrected chi connectivity index (χ1v) is 6.43. The number of amides is 1. The van der Waals surface area contributed by atoms with Crippen LogP contribution in [0.5, 0.6) is 0 Å². The van der Waals surface area contributed by atoms with Crippen LogP contribution in [0.2, 0.25) is 0 Å². The van der Waals surface area contributed by atoms with Crippen molar-refractivity contribution in [3.8, 4) is 0 Å². The molecule has 5 nitrogen and oxygen atoms in total. The summed E-state index contributed by atoms with van der Waals surface area (Å²) in [5.74, 6) is -0.354. The molecule has 0 saturated carbocycles. The summed E-state index contributed by atoms with van der Waals surface area (Å²) in [7, 11) is 0. The van der Waals surface area contributed by atoms with Crippen LogP contribution in [0.25, 0.3) is 10.9 Å². The molecule has 1 amide bonds. The first kappa shape index (κ1) is 12.9. The lowest BCUT2D eigenvalue weighted by Crippen LogP contribution is -2.18. The fourth-order valence-corrected chi connectivity index (χ4v) is 1.87. The number of hydrogen-bond acceptors (Lipinski definition) is 4. The SMILES string of the molecule is O=C(N/N=C\c1ccc2ccccc2n1)c1ccccn1. The number of carbonyl (C=O) groups excluding carboxylic acids is 1. The van der Waals surface area contributed by atoms with Crippen molar-refractivity contribution >= 4 is 23.0 Å². The minimum atomic E-state index is -0.354. The normalized spacial score (nSPS) is 10.9. The lowest BCUT2D eigenvalue weighted by molar-refractivity contribution is 0.0950. The molecule has 0 aliphatic carbocycles. The maximum atomic E-state index is 11.7. The maximum absolute atomic E-state index is 11.7. The zero-order valence-corrected chi connectivity index (χ0v) is 11.1. The van der Waals surface area contributed by atoms with Gasteiger partial charge in [-0.25, -0.2) is 10.4 Å². The van der Waals surface area contributed by atoms with Crippen molar-refractivity contribution in [2.24, 2.45) is 5.10 Å². The Morgan fingerprint density at radius 2 is 1.90 bits per heavy atom. The Bertz CT molecular complexity index is 799. The molecule has 2 aromatic heterocycles. The summed E-state index contributed by atoms with van der Waals surface area (Å²) in [5, 5.41) is 4.96. The molecule has 0 atom stereocenters. The molecule has 2 heterocycles. The van der Waals surface area contributed by atoms with E-state index in [-0.39, 0.29) is 5.91 Å². The first-order valence-electron chi connectivity index (χ1n) is 6.43. The van der Waals surface area contributed by atoms with Gasteiger partial charge < -0.3 is 0 Å². The van der Waals surface area contributed by atoms with Crippen molar-refractivity contribution in [3.05, 3.63) is 72.2 Å². The molecule has 0 fully saturated rings. The summed E-state index contributed by atoms with van der Waals surface area (Å²) >= 11 is 0. The number of rotatable bonds is 3. The molecule has 0 aliphatic heterocycles. The molecule has 0 radical (unpaired) electrons. The Balaban J connectivity index is 1.71. The minimum absolute atomic E-state index is 0.320. The highest BCUT2D eigenvalue weighted by Crippen LogP contribution is 2.10. The van der Waals surface area contributed by atoms with Crippen molar-refractivity contribution in [2.45, 2.75) is 0 Å². The molecular weight excluding hydrogens is 264 g/mol. The van der Waals surface area contributed by atoms with Crippen LogP contribution in [0, 0.1) is 0 Å². The van der Waals surface area contributed by atoms with Crippen molar-refractivity contribution in [1.29, 1.82) is 0 Å². The first-order chi connectivity index (χ1) is 10.3. The van der Waals surface area contributed by atoms with Gasteiger partial charge in [-0.1, -0.05) is 30.3 Å². The van der Waals surface area contributed by atoms with Crippen LogP contribution >= 0.6 is 0 Å². The van der Waals surface area contributed by atoms with Crippen molar-refractivity contribution in [1.82, 2.24) is 15.4 Å². The number of pyridine rings is 2. The summed E-state index contributed by atoms with van der Waals surface area (Å²) < 4.78 is 0. The van der Waals surface area contributed by atoms with E-state index in [1.807, 2.05) is 36.4 Å². The van der Waals surface area contributed by atoms with E-state index in [1.54, 1.807) is 24.4 Å². The van der Waals surface area contributed by atoms with Gasteiger partial charge in [0.1, 0.15) is 5.69 Å². The average Bonchev–Trinajstić information content (AvgIpc) is 2.55.